The normalized spacial score (nSPS) is 11.7. The molecule has 0 aliphatic heterocycles. The fraction of sp³-hybridized carbons (Fsp3) is 0.231. The maximum absolute atomic E-state index is 12.2. The molecule has 0 bridgehead atoms. The van der Waals surface area contributed by atoms with E-state index >= 15 is 0 Å². The summed E-state index contributed by atoms with van der Waals surface area (Å²) >= 11 is 7.13. The van der Waals surface area contributed by atoms with E-state index < -0.39 is 10.0 Å². The summed E-state index contributed by atoms with van der Waals surface area (Å²) in [5, 5.41) is 3.59. The third kappa shape index (κ3) is 4.04. The van der Waals surface area contributed by atoms with Crippen LogP contribution in [-0.4, -0.2) is 15.5 Å². The lowest BCUT2D eigenvalue weighted by Crippen LogP contribution is -2.22. The Bertz CT molecular complexity index is 683. The average Bonchev–Trinajstić information content (AvgIpc) is 2.87. The summed E-state index contributed by atoms with van der Waals surface area (Å²) in [7, 11) is -1.65. The third-order valence-electron chi connectivity index (χ3n) is 2.61. The van der Waals surface area contributed by atoms with Crippen LogP contribution in [0.4, 0.5) is 0 Å². The van der Waals surface area contributed by atoms with Gasteiger partial charge >= 0.3 is 0 Å². The summed E-state index contributed by atoms with van der Waals surface area (Å²) in [6.07, 6.45) is 0. The smallest absolute Gasteiger partial charge is 0.250 e. The summed E-state index contributed by atoms with van der Waals surface area (Å²) < 4.78 is 27.2. The Morgan fingerprint density at radius 2 is 2.00 bits per heavy atom. The lowest BCUT2D eigenvalue weighted by atomic mass is 10.2. The molecule has 1 aromatic carbocycles. The molecular formula is C13H15ClN2O2S2. The third-order valence-corrected chi connectivity index (χ3v) is 5.82. The van der Waals surface area contributed by atoms with Crippen molar-refractivity contribution in [2.45, 2.75) is 17.3 Å². The van der Waals surface area contributed by atoms with Gasteiger partial charge in [0.2, 0.25) is 10.0 Å². The molecule has 108 valence electrons. The van der Waals surface area contributed by atoms with E-state index in [2.05, 4.69) is 10.0 Å². The quantitative estimate of drug-likeness (QED) is 0.856. The molecule has 0 spiro atoms. The van der Waals surface area contributed by atoms with Gasteiger partial charge in [0, 0.05) is 23.0 Å². The number of hydrogen-bond donors (Lipinski definition) is 2. The first-order chi connectivity index (χ1) is 9.51. The van der Waals surface area contributed by atoms with Crippen molar-refractivity contribution < 1.29 is 8.42 Å². The van der Waals surface area contributed by atoms with Crippen LogP contribution in [0.3, 0.4) is 0 Å². The summed E-state index contributed by atoms with van der Waals surface area (Å²) in [6, 6.07) is 10.6. The Kier molecular flexibility index (Phi) is 5.17. The van der Waals surface area contributed by atoms with Crippen LogP contribution in [0.25, 0.3) is 0 Å². The van der Waals surface area contributed by atoms with Crippen LogP contribution in [0.15, 0.2) is 40.6 Å². The fourth-order valence-electron chi connectivity index (χ4n) is 1.67. The number of nitrogens with one attached hydrogen (secondary N) is 2. The van der Waals surface area contributed by atoms with Gasteiger partial charge in [0.25, 0.3) is 0 Å². The molecule has 0 unspecified atom stereocenters. The highest BCUT2D eigenvalue weighted by molar-refractivity contribution is 7.91. The highest BCUT2D eigenvalue weighted by Gasteiger charge is 2.16. The number of thiophene rings is 1. The predicted molar refractivity (Wildman–Crippen MR) is 82.6 cm³/mol. The summed E-state index contributed by atoms with van der Waals surface area (Å²) in [5.41, 5.74) is 0.827. The molecule has 0 aliphatic rings. The maximum Gasteiger partial charge on any atom is 0.250 e. The van der Waals surface area contributed by atoms with Gasteiger partial charge in [0.15, 0.2) is 0 Å². The maximum atomic E-state index is 12.2. The van der Waals surface area contributed by atoms with Crippen molar-refractivity contribution in [2.75, 3.05) is 7.05 Å². The van der Waals surface area contributed by atoms with E-state index in [0.29, 0.717) is 15.8 Å². The van der Waals surface area contributed by atoms with Crippen LogP contribution in [0.2, 0.25) is 5.02 Å². The monoisotopic (exact) mass is 330 g/mol. The van der Waals surface area contributed by atoms with Crippen molar-refractivity contribution in [2.24, 2.45) is 0 Å². The standard InChI is InChI=1S/C13H15ClN2O2S2/c1-15-9-12-5-6-13(19-12)20(17,18)16-8-10-3-2-4-11(14)7-10/h2-7,15-16H,8-9H2,1H3. The van der Waals surface area contributed by atoms with Gasteiger partial charge in [-0.15, -0.1) is 11.3 Å². The predicted octanol–water partition coefficient (Wildman–Crippen LogP) is 2.60. The van der Waals surface area contributed by atoms with Crippen molar-refractivity contribution in [1.82, 2.24) is 10.0 Å². The molecule has 1 heterocycles. The average molecular weight is 331 g/mol. The lowest BCUT2D eigenvalue weighted by molar-refractivity contribution is 0.583. The van der Waals surface area contributed by atoms with Gasteiger partial charge in [0.1, 0.15) is 4.21 Å². The second-order valence-corrected chi connectivity index (χ2v) is 7.80. The molecule has 20 heavy (non-hydrogen) atoms. The van der Waals surface area contributed by atoms with Gasteiger partial charge in [-0.2, -0.15) is 0 Å². The Morgan fingerprint density at radius 3 is 2.70 bits per heavy atom. The van der Waals surface area contributed by atoms with E-state index in [9.17, 15) is 8.42 Å². The molecule has 0 atom stereocenters. The molecule has 2 N–H and O–H groups in total. The zero-order chi connectivity index (χ0) is 14.6. The van der Waals surface area contributed by atoms with E-state index in [4.69, 9.17) is 11.6 Å². The van der Waals surface area contributed by atoms with E-state index in [0.717, 1.165) is 10.4 Å². The first-order valence-corrected chi connectivity index (χ1v) is 8.66. The van der Waals surface area contributed by atoms with Crippen molar-refractivity contribution in [3.05, 3.63) is 51.9 Å². The molecule has 0 fully saturated rings. The van der Waals surface area contributed by atoms with Gasteiger partial charge in [-0.05, 0) is 36.9 Å². The molecule has 7 heteroatoms. The number of hydrogen-bond acceptors (Lipinski definition) is 4. The van der Waals surface area contributed by atoms with Crippen LogP contribution in [-0.2, 0) is 23.1 Å². The SMILES string of the molecule is CNCc1ccc(S(=O)(=O)NCc2cccc(Cl)c2)s1. The van der Waals surface area contributed by atoms with Crippen LogP contribution < -0.4 is 10.0 Å². The second-order valence-electron chi connectivity index (χ2n) is 4.21. The number of halogens is 1. The van der Waals surface area contributed by atoms with Gasteiger partial charge < -0.3 is 5.32 Å². The van der Waals surface area contributed by atoms with Crippen molar-refractivity contribution in [1.29, 1.82) is 0 Å². The second kappa shape index (κ2) is 6.69. The first-order valence-electron chi connectivity index (χ1n) is 5.99. The number of benzene rings is 1. The fourth-order valence-corrected chi connectivity index (χ4v) is 4.31. The molecular weight excluding hydrogens is 316 g/mol. The Labute approximate surface area is 127 Å². The molecule has 1 aromatic heterocycles. The number of rotatable bonds is 6. The Morgan fingerprint density at radius 1 is 1.20 bits per heavy atom. The van der Waals surface area contributed by atoms with Gasteiger partial charge in [-0.3, -0.25) is 0 Å². The van der Waals surface area contributed by atoms with Crippen molar-refractivity contribution >= 4 is 33.0 Å². The molecule has 0 amide bonds. The van der Waals surface area contributed by atoms with E-state index in [-0.39, 0.29) is 6.54 Å². The summed E-state index contributed by atoms with van der Waals surface area (Å²) in [6.45, 7) is 0.886. The van der Waals surface area contributed by atoms with Gasteiger partial charge in [-0.1, -0.05) is 23.7 Å². The zero-order valence-corrected chi connectivity index (χ0v) is 13.3. The van der Waals surface area contributed by atoms with E-state index in [1.54, 1.807) is 24.3 Å². The molecule has 2 aromatic rings. The largest absolute Gasteiger partial charge is 0.315 e. The highest BCUT2D eigenvalue weighted by Crippen LogP contribution is 2.21. The Hall–Kier alpha value is -0.920. The van der Waals surface area contributed by atoms with E-state index in [1.807, 2.05) is 19.2 Å². The number of sulfonamides is 1. The minimum atomic E-state index is -3.47. The zero-order valence-electron chi connectivity index (χ0n) is 10.9. The van der Waals surface area contributed by atoms with Gasteiger partial charge in [-0.25, -0.2) is 13.1 Å². The minimum absolute atomic E-state index is 0.224. The van der Waals surface area contributed by atoms with Gasteiger partial charge in [0.05, 0.1) is 0 Å². The van der Waals surface area contributed by atoms with E-state index in [1.165, 1.54) is 11.3 Å². The topological polar surface area (TPSA) is 58.2 Å². The lowest BCUT2D eigenvalue weighted by Gasteiger charge is -2.05. The van der Waals surface area contributed by atoms with Crippen LogP contribution in [0.5, 0.6) is 0 Å². The molecule has 0 aliphatic carbocycles. The highest BCUT2D eigenvalue weighted by atomic mass is 35.5. The van der Waals surface area contributed by atoms with Crippen molar-refractivity contribution in [3.63, 3.8) is 0 Å². The molecule has 0 saturated carbocycles. The summed E-state index contributed by atoms with van der Waals surface area (Å²) in [4.78, 5) is 0.982. The minimum Gasteiger partial charge on any atom is -0.315 e. The van der Waals surface area contributed by atoms with Crippen LogP contribution >= 0.6 is 22.9 Å². The first kappa shape index (κ1) is 15.5. The summed E-state index contributed by atoms with van der Waals surface area (Å²) in [5.74, 6) is 0. The molecule has 4 nitrogen and oxygen atoms in total. The van der Waals surface area contributed by atoms with Crippen LogP contribution in [0.1, 0.15) is 10.4 Å². The molecule has 2 rings (SSSR count). The Balaban J connectivity index is 2.06. The molecule has 0 radical (unpaired) electrons. The van der Waals surface area contributed by atoms with Crippen molar-refractivity contribution in [3.8, 4) is 0 Å². The van der Waals surface area contributed by atoms with Crippen LogP contribution in [0, 0.1) is 0 Å². The molecule has 0 saturated heterocycles.